The SMILES string of the molecule is C#CCNC(=O)C(C)N(C)CCC(=O)O. The first-order valence-electron chi connectivity index (χ1n) is 4.62. The maximum absolute atomic E-state index is 11.4. The third-order valence-corrected chi connectivity index (χ3v) is 2.08. The maximum atomic E-state index is 11.4. The van der Waals surface area contributed by atoms with Crippen LogP contribution in [0.5, 0.6) is 0 Å². The van der Waals surface area contributed by atoms with Crippen LogP contribution >= 0.6 is 0 Å². The molecule has 0 heterocycles. The summed E-state index contributed by atoms with van der Waals surface area (Å²) in [5.74, 6) is 1.23. The van der Waals surface area contributed by atoms with Crippen molar-refractivity contribution in [1.82, 2.24) is 10.2 Å². The monoisotopic (exact) mass is 212 g/mol. The molecular formula is C10H16N2O3. The van der Waals surface area contributed by atoms with Crippen LogP contribution in [0, 0.1) is 12.3 Å². The predicted octanol–water partition coefficient (Wildman–Crippen LogP) is -0.469. The van der Waals surface area contributed by atoms with Crippen LogP contribution in [0.15, 0.2) is 0 Å². The Kier molecular flexibility index (Phi) is 6.14. The minimum atomic E-state index is -0.877. The van der Waals surface area contributed by atoms with Gasteiger partial charge in [0.25, 0.3) is 0 Å². The Morgan fingerprint density at radius 2 is 2.20 bits per heavy atom. The highest BCUT2D eigenvalue weighted by molar-refractivity contribution is 5.81. The second-order valence-corrected chi connectivity index (χ2v) is 3.22. The van der Waals surface area contributed by atoms with Gasteiger partial charge in [-0.3, -0.25) is 14.5 Å². The smallest absolute Gasteiger partial charge is 0.304 e. The van der Waals surface area contributed by atoms with Gasteiger partial charge in [0, 0.05) is 6.54 Å². The topological polar surface area (TPSA) is 69.6 Å². The van der Waals surface area contributed by atoms with E-state index in [1.165, 1.54) is 0 Å². The fraction of sp³-hybridized carbons (Fsp3) is 0.600. The molecule has 1 amide bonds. The first-order chi connectivity index (χ1) is 6.99. The molecule has 0 aromatic carbocycles. The minimum Gasteiger partial charge on any atom is -0.481 e. The Hall–Kier alpha value is -1.54. The van der Waals surface area contributed by atoms with Crippen LogP contribution in [0.1, 0.15) is 13.3 Å². The molecule has 0 rings (SSSR count). The van der Waals surface area contributed by atoms with E-state index < -0.39 is 5.97 Å². The van der Waals surface area contributed by atoms with Gasteiger partial charge >= 0.3 is 5.97 Å². The summed E-state index contributed by atoms with van der Waals surface area (Å²) in [5, 5.41) is 11.0. The average molecular weight is 212 g/mol. The molecule has 5 nitrogen and oxygen atoms in total. The summed E-state index contributed by atoms with van der Waals surface area (Å²) in [7, 11) is 1.70. The standard InChI is InChI=1S/C10H16N2O3/c1-4-6-11-10(15)8(2)12(3)7-5-9(13)14/h1,8H,5-7H2,2-3H3,(H,11,15)(H,13,14). The van der Waals surface area contributed by atoms with E-state index in [4.69, 9.17) is 11.5 Å². The van der Waals surface area contributed by atoms with E-state index in [2.05, 4.69) is 11.2 Å². The van der Waals surface area contributed by atoms with E-state index in [0.717, 1.165) is 0 Å². The van der Waals surface area contributed by atoms with Crippen molar-refractivity contribution in [3.63, 3.8) is 0 Å². The summed E-state index contributed by atoms with van der Waals surface area (Å²) in [6.07, 6.45) is 5.01. The van der Waals surface area contributed by atoms with Crippen LogP contribution in [0.2, 0.25) is 0 Å². The number of likely N-dealkylation sites (N-methyl/N-ethyl adjacent to an activating group) is 1. The Balaban J connectivity index is 3.96. The van der Waals surface area contributed by atoms with Gasteiger partial charge in [0.1, 0.15) is 0 Å². The molecule has 0 radical (unpaired) electrons. The first kappa shape index (κ1) is 13.5. The maximum Gasteiger partial charge on any atom is 0.304 e. The van der Waals surface area contributed by atoms with Gasteiger partial charge in [-0.1, -0.05) is 5.92 Å². The summed E-state index contributed by atoms with van der Waals surface area (Å²) in [6.45, 7) is 2.23. The van der Waals surface area contributed by atoms with E-state index in [1.807, 2.05) is 0 Å². The zero-order chi connectivity index (χ0) is 11.8. The molecule has 0 aromatic heterocycles. The van der Waals surface area contributed by atoms with Crippen LogP contribution < -0.4 is 5.32 Å². The summed E-state index contributed by atoms with van der Waals surface area (Å²) in [5.41, 5.74) is 0. The normalized spacial score (nSPS) is 11.9. The highest BCUT2D eigenvalue weighted by Gasteiger charge is 2.17. The lowest BCUT2D eigenvalue weighted by molar-refractivity contribution is -0.138. The summed E-state index contributed by atoms with van der Waals surface area (Å²) in [6, 6.07) is -0.377. The minimum absolute atomic E-state index is 0.0171. The molecule has 15 heavy (non-hydrogen) atoms. The van der Waals surface area contributed by atoms with E-state index in [9.17, 15) is 9.59 Å². The lowest BCUT2D eigenvalue weighted by Crippen LogP contribution is -2.44. The van der Waals surface area contributed by atoms with Crippen LogP contribution in [0.25, 0.3) is 0 Å². The van der Waals surface area contributed by atoms with Crippen molar-refractivity contribution in [3.8, 4) is 12.3 Å². The molecule has 1 unspecified atom stereocenters. The number of nitrogens with one attached hydrogen (secondary N) is 1. The van der Waals surface area contributed by atoms with Crippen molar-refractivity contribution in [2.45, 2.75) is 19.4 Å². The number of hydrogen-bond acceptors (Lipinski definition) is 3. The number of hydrogen-bond donors (Lipinski definition) is 2. The van der Waals surface area contributed by atoms with Gasteiger partial charge in [-0.05, 0) is 14.0 Å². The second-order valence-electron chi connectivity index (χ2n) is 3.22. The Morgan fingerprint density at radius 3 is 2.67 bits per heavy atom. The van der Waals surface area contributed by atoms with E-state index in [1.54, 1.807) is 18.9 Å². The fourth-order valence-electron chi connectivity index (χ4n) is 0.952. The Bertz CT molecular complexity index is 270. The second kappa shape index (κ2) is 6.85. The van der Waals surface area contributed by atoms with Gasteiger partial charge in [0.15, 0.2) is 0 Å². The molecule has 0 bridgehead atoms. The number of rotatable bonds is 6. The quantitative estimate of drug-likeness (QED) is 0.584. The lowest BCUT2D eigenvalue weighted by Gasteiger charge is -2.22. The van der Waals surface area contributed by atoms with Crippen LogP contribution in [-0.2, 0) is 9.59 Å². The Labute approximate surface area is 89.4 Å². The number of carbonyl (C=O) groups excluding carboxylic acids is 1. The third kappa shape index (κ3) is 5.70. The number of carboxylic acid groups (broad SMARTS) is 1. The molecule has 0 saturated heterocycles. The van der Waals surface area contributed by atoms with Crippen molar-refractivity contribution in [2.75, 3.05) is 20.1 Å². The molecule has 5 heteroatoms. The van der Waals surface area contributed by atoms with Crippen LogP contribution in [-0.4, -0.2) is 48.1 Å². The van der Waals surface area contributed by atoms with E-state index >= 15 is 0 Å². The van der Waals surface area contributed by atoms with Gasteiger partial charge in [0.2, 0.25) is 5.91 Å². The molecule has 2 N–H and O–H groups in total. The number of nitrogens with zero attached hydrogens (tertiary/aromatic N) is 1. The van der Waals surface area contributed by atoms with Crippen molar-refractivity contribution in [3.05, 3.63) is 0 Å². The van der Waals surface area contributed by atoms with Gasteiger partial charge in [0.05, 0.1) is 19.0 Å². The van der Waals surface area contributed by atoms with Crippen LogP contribution in [0.4, 0.5) is 0 Å². The predicted molar refractivity (Wildman–Crippen MR) is 56.2 cm³/mol. The van der Waals surface area contributed by atoms with Crippen LogP contribution in [0.3, 0.4) is 0 Å². The Morgan fingerprint density at radius 1 is 1.60 bits per heavy atom. The molecule has 0 fully saturated rings. The summed E-state index contributed by atoms with van der Waals surface area (Å²) >= 11 is 0. The van der Waals surface area contributed by atoms with Gasteiger partial charge in [-0.25, -0.2) is 0 Å². The number of amides is 1. The number of aliphatic carboxylic acids is 1. The first-order valence-corrected chi connectivity index (χ1v) is 4.62. The summed E-state index contributed by atoms with van der Waals surface area (Å²) in [4.78, 5) is 23.4. The number of carboxylic acids is 1. The van der Waals surface area contributed by atoms with Gasteiger partial charge in [-0.15, -0.1) is 6.42 Å². The molecule has 0 saturated carbocycles. The van der Waals surface area contributed by atoms with Crippen molar-refractivity contribution in [1.29, 1.82) is 0 Å². The largest absolute Gasteiger partial charge is 0.481 e. The molecule has 0 aliphatic heterocycles. The third-order valence-electron chi connectivity index (χ3n) is 2.08. The van der Waals surface area contributed by atoms with Gasteiger partial charge in [-0.2, -0.15) is 0 Å². The van der Waals surface area contributed by atoms with Gasteiger partial charge < -0.3 is 10.4 Å². The zero-order valence-electron chi connectivity index (χ0n) is 8.99. The highest BCUT2D eigenvalue weighted by atomic mass is 16.4. The molecule has 84 valence electrons. The molecule has 0 aliphatic rings. The number of terminal acetylenes is 1. The molecular weight excluding hydrogens is 196 g/mol. The molecule has 1 atom stereocenters. The van der Waals surface area contributed by atoms with Crippen molar-refractivity contribution in [2.24, 2.45) is 0 Å². The fourth-order valence-corrected chi connectivity index (χ4v) is 0.952. The lowest BCUT2D eigenvalue weighted by atomic mass is 10.2. The van der Waals surface area contributed by atoms with E-state index in [-0.39, 0.29) is 24.9 Å². The molecule has 0 aromatic rings. The highest BCUT2D eigenvalue weighted by Crippen LogP contribution is 1.97. The summed E-state index contributed by atoms with van der Waals surface area (Å²) < 4.78 is 0. The average Bonchev–Trinajstić information content (AvgIpc) is 2.21. The van der Waals surface area contributed by atoms with Crippen molar-refractivity contribution < 1.29 is 14.7 Å². The molecule has 0 aliphatic carbocycles. The molecule has 0 spiro atoms. The zero-order valence-corrected chi connectivity index (χ0v) is 8.99. The number of carbonyl (C=O) groups is 2. The van der Waals surface area contributed by atoms with E-state index in [0.29, 0.717) is 6.54 Å². The van der Waals surface area contributed by atoms with Crippen molar-refractivity contribution >= 4 is 11.9 Å².